The number of ether oxygens (including phenoxy) is 7. The minimum atomic E-state index is -0.448. The van der Waals surface area contributed by atoms with Gasteiger partial charge in [-0.15, -0.1) is 0 Å². The van der Waals surface area contributed by atoms with Gasteiger partial charge in [0, 0.05) is 6.42 Å². The highest BCUT2D eigenvalue weighted by atomic mass is 16.7. The van der Waals surface area contributed by atoms with E-state index in [2.05, 4.69) is 48.5 Å². The largest absolute Gasteiger partial charge is 0.374 e. The molecule has 2 aliphatic rings. The first kappa shape index (κ1) is 32.5. The first-order valence-electron chi connectivity index (χ1n) is 16.3. The highest BCUT2D eigenvalue weighted by molar-refractivity contribution is 5.16. The zero-order chi connectivity index (χ0) is 31.2. The Morgan fingerprint density at radius 3 is 1.35 bits per heavy atom. The number of hydrogen-bond donors (Lipinski definition) is 0. The van der Waals surface area contributed by atoms with E-state index in [0.717, 1.165) is 22.3 Å². The third-order valence-electron chi connectivity index (χ3n) is 8.36. The van der Waals surface area contributed by atoms with Crippen molar-refractivity contribution in [3.63, 3.8) is 0 Å². The molecule has 7 nitrogen and oxygen atoms in total. The van der Waals surface area contributed by atoms with Crippen LogP contribution in [-0.2, 0) is 59.6 Å². The van der Waals surface area contributed by atoms with Gasteiger partial charge in [0.1, 0.15) is 24.4 Å². The summed E-state index contributed by atoms with van der Waals surface area (Å²) >= 11 is 0. The van der Waals surface area contributed by atoms with Crippen LogP contribution in [0, 0.1) is 0 Å². The fraction of sp³-hybridized carbons (Fsp3) is 0.385. The molecule has 0 aromatic heterocycles. The van der Waals surface area contributed by atoms with Crippen molar-refractivity contribution in [3.8, 4) is 0 Å². The number of rotatable bonds is 16. The van der Waals surface area contributed by atoms with E-state index >= 15 is 0 Å². The molecule has 6 rings (SSSR count). The van der Waals surface area contributed by atoms with Gasteiger partial charge in [0.05, 0.1) is 52.4 Å². The normalized spacial score (nSPS) is 23.4. The number of benzene rings is 4. The second-order valence-corrected chi connectivity index (χ2v) is 11.7. The van der Waals surface area contributed by atoms with Gasteiger partial charge >= 0.3 is 0 Å². The van der Waals surface area contributed by atoms with Gasteiger partial charge in [-0.1, -0.05) is 121 Å². The minimum absolute atomic E-state index is 0.248. The molecule has 2 aliphatic heterocycles. The van der Waals surface area contributed by atoms with Crippen LogP contribution in [0.2, 0.25) is 0 Å². The van der Waals surface area contributed by atoms with Crippen LogP contribution in [0.1, 0.15) is 35.1 Å². The Morgan fingerprint density at radius 2 is 0.870 bits per heavy atom. The summed E-state index contributed by atoms with van der Waals surface area (Å²) in [4.78, 5) is 0. The topological polar surface area (TPSA) is 64.6 Å². The Balaban J connectivity index is 1.27. The van der Waals surface area contributed by atoms with Gasteiger partial charge in [-0.3, -0.25) is 0 Å². The van der Waals surface area contributed by atoms with Crippen LogP contribution < -0.4 is 0 Å². The van der Waals surface area contributed by atoms with Crippen LogP contribution >= 0.6 is 0 Å². The summed E-state index contributed by atoms with van der Waals surface area (Å²) in [6.45, 7) is 3.29. The van der Waals surface area contributed by atoms with Crippen molar-refractivity contribution < 1.29 is 33.2 Å². The van der Waals surface area contributed by atoms with Crippen molar-refractivity contribution >= 4 is 0 Å². The maximum absolute atomic E-state index is 6.90. The van der Waals surface area contributed by atoms with Crippen molar-refractivity contribution in [2.45, 2.75) is 76.1 Å². The van der Waals surface area contributed by atoms with Gasteiger partial charge in [-0.2, -0.15) is 0 Å². The van der Waals surface area contributed by atoms with Gasteiger partial charge in [-0.25, -0.2) is 0 Å². The average molecular weight is 625 g/mol. The SMILES string of the molecule is c1ccc(COC[C@H]2O[C@H](CCC3OCCO3)[C@H](OCc3ccccc3)[C@@H](OCc3ccccc3)[C@H]2OCc2ccccc2)cc1. The maximum Gasteiger partial charge on any atom is 0.157 e. The van der Waals surface area contributed by atoms with E-state index in [1.165, 1.54) is 0 Å². The second kappa shape index (κ2) is 17.5. The standard InChI is InChI=1S/C39H44O7/c1-5-13-30(14-6-1)25-40-29-35-38(44-27-32-17-9-3-10-18-32)39(45-28-33-19-11-4-12-20-33)37(43-26-31-15-7-2-8-16-31)34(46-35)21-22-36-41-23-24-42-36/h1-20,34-39H,21-29H2/t34-,35-,37+,38+,39-/m1/s1. The maximum atomic E-state index is 6.90. The molecule has 4 aromatic carbocycles. The van der Waals surface area contributed by atoms with E-state index in [9.17, 15) is 0 Å². The van der Waals surface area contributed by atoms with Gasteiger partial charge in [0.15, 0.2) is 6.29 Å². The lowest BCUT2D eigenvalue weighted by Gasteiger charge is -2.46. The van der Waals surface area contributed by atoms with Crippen LogP contribution in [-0.4, -0.2) is 56.6 Å². The Morgan fingerprint density at radius 1 is 0.457 bits per heavy atom. The van der Waals surface area contributed by atoms with Gasteiger partial charge in [0.2, 0.25) is 0 Å². The van der Waals surface area contributed by atoms with Crippen LogP contribution in [0.5, 0.6) is 0 Å². The molecule has 0 spiro atoms. The van der Waals surface area contributed by atoms with E-state index in [1.54, 1.807) is 0 Å². The predicted octanol–water partition coefficient (Wildman–Crippen LogP) is 6.88. The van der Waals surface area contributed by atoms with Crippen molar-refractivity contribution in [2.24, 2.45) is 0 Å². The smallest absolute Gasteiger partial charge is 0.157 e. The Bertz CT molecular complexity index is 1380. The Labute approximate surface area is 272 Å². The molecule has 0 N–H and O–H groups in total. The molecule has 0 unspecified atom stereocenters. The summed E-state index contributed by atoms with van der Waals surface area (Å²) < 4.78 is 45.1. The summed E-state index contributed by atoms with van der Waals surface area (Å²) in [5.74, 6) is 0. The van der Waals surface area contributed by atoms with E-state index in [4.69, 9.17) is 33.2 Å². The first-order valence-corrected chi connectivity index (χ1v) is 16.3. The molecular weight excluding hydrogens is 580 g/mol. The zero-order valence-electron chi connectivity index (χ0n) is 26.2. The van der Waals surface area contributed by atoms with Crippen molar-refractivity contribution in [1.82, 2.24) is 0 Å². The lowest BCUT2D eigenvalue weighted by molar-refractivity contribution is -0.275. The average Bonchev–Trinajstić information content (AvgIpc) is 3.64. The van der Waals surface area contributed by atoms with E-state index in [1.807, 2.05) is 72.8 Å². The van der Waals surface area contributed by atoms with Gasteiger partial charge in [0.25, 0.3) is 0 Å². The molecule has 46 heavy (non-hydrogen) atoms. The molecule has 2 fully saturated rings. The molecule has 0 saturated carbocycles. The summed E-state index contributed by atoms with van der Waals surface area (Å²) in [6, 6.07) is 40.8. The van der Waals surface area contributed by atoms with Crippen LogP contribution in [0.25, 0.3) is 0 Å². The van der Waals surface area contributed by atoms with Crippen molar-refractivity contribution in [1.29, 1.82) is 0 Å². The molecule has 4 aromatic rings. The molecule has 2 heterocycles. The molecular formula is C39H44O7. The second-order valence-electron chi connectivity index (χ2n) is 11.7. The van der Waals surface area contributed by atoms with Gasteiger partial charge in [-0.05, 0) is 28.7 Å². The van der Waals surface area contributed by atoms with Crippen LogP contribution in [0.3, 0.4) is 0 Å². The molecule has 0 amide bonds. The summed E-state index contributed by atoms with van der Waals surface area (Å²) in [6.07, 6.45) is -0.847. The molecule has 7 heteroatoms. The van der Waals surface area contributed by atoms with Crippen LogP contribution in [0.15, 0.2) is 121 Å². The molecule has 2 saturated heterocycles. The summed E-state index contributed by atoms with van der Waals surface area (Å²) in [5, 5.41) is 0. The highest BCUT2D eigenvalue weighted by Crippen LogP contribution is 2.33. The Hall–Kier alpha value is -3.40. The third-order valence-corrected chi connectivity index (χ3v) is 8.36. The monoisotopic (exact) mass is 624 g/mol. The Kier molecular flexibility index (Phi) is 12.4. The minimum Gasteiger partial charge on any atom is -0.374 e. The van der Waals surface area contributed by atoms with E-state index in [0.29, 0.717) is 59.1 Å². The molecule has 0 radical (unpaired) electrons. The van der Waals surface area contributed by atoms with Crippen molar-refractivity contribution in [3.05, 3.63) is 144 Å². The molecule has 0 aliphatic carbocycles. The predicted molar refractivity (Wildman–Crippen MR) is 175 cm³/mol. The van der Waals surface area contributed by atoms with Crippen LogP contribution in [0.4, 0.5) is 0 Å². The fourth-order valence-electron chi connectivity index (χ4n) is 5.99. The van der Waals surface area contributed by atoms with E-state index in [-0.39, 0.29) is 18.5 Å². The van der Waals surface area contributed by atoms with Gasteiger partial charge < -0.3 is 33.2 Å². The fourth-order valence-corrected chi connectivity index (χ4v) is 5.99. The third kappa shape index (κ3) is 9.56. The zero-order valence-corrected chi connectivity index (χ0v) is 26.2. The molecule has 5 atom stereocenters. The lowest BCUT2D eigenvalue weighted by Crippen LogP contribution is -2.61. The lowest BCUT2D eigenvalue weighted by atomic mass is 9.91. The van der Waals surface area contributed by atoms with Crippen molar-refractivity contribution in [2.75, 3.05) is 19.8 Å². The quantitative estimate of drug-likeness (QED) is 0.135. The molecule has 242 valence electrons. The highest BCUT2D eigenvalue weighted by Gasteiger charge is 2.48. The first-order chi connectivity index (χ1) is 22.8. The van der Waals surface area contributed by atoms with E-state index < -0.39 is 18.3 Å². The summed E-state index contributed by atoms with van der Waals surface area (Å²) in [7, 11) is 0. The number of hydrogen-bond acceptors (Lipinski definition) is 7. The molecule has 0 bridgehead atoms. The summed E-state index contributed by atoms with van der Waals surface area (Å²) in [5.41, 5.74) is 4.35.